The quantitative estimate of drug-likeness (QED) is 0.861. The minimum absolute atomic E-state index is 0.0143. The number of furan rings is 1. The van der Waals surface area contributed by atoms with Gasteiger partial charge in [0.05, 0.1) is 18.8 Å². The molecular formula is C19H24N2O2. The van der Waals surface area contributed by atoms with Crippen LogP contribution in [0.5, 0.6) is 0 Å². The zero-order valence-electron chi connectivity index (χ0n) is 13.7. The van der Waals surface area contributed by atoms with Crippen molar-refractivity contribution < 1.29 is 9.21 Å². The van der Waals surface area contributed by atoms with Crippen LogP contribution in [0.25, 0.3) is 0 Å². The third-order valence-electron chi connectivity index (χ3n) is 4.55. The van der Waals surface area contributed by atoms with Gasteiger partial charge in [0.15, 0.2) is 0 Å². The monoisotopic (exact) mass is 312 g/mol. The van der Waals surface area contributed by atoms with Crippen LogP contribution in [0.3, 0.4) is 0 Å². The van der Waals surface area contributed by atoms with E-state index >= 15 is 0 Å². The van der Waals surface area contributed by atoms with Crippen LogP contribution in [-0.2, 0) is 11.3 Å². The van der Waals surface area contributed by atoms with Crippen LogP contribution in [0.4, 0.5) is 0 Å². The number of rotatable bonds is 6. The minimum Gasteiger partial charge on any atom is -0.467 e. The molecule has 1 fully saturated rings. The summed E-state index contributed by atoms with van der Waals surface area (Å²) in [5.41, 5.74) is 2.72. The van der Waals surface area contributed by atoms with Crippen molar-refractivity contribution in [2.45, 2.75) is 51.2 Å². The van der Waals surface area contributed by atoms with Gasteiger partial charge in [-0.05, 0) is 50.3 Å². The van der Waals surface area contributed by atoms with Gasteiger partial charge in [0, 0.05) is 6.04 Å². The molecule has 4 heteroatoms. The second-order valence-corrected chi connectivity index (χ2v) is 6.46. The molecule has 1 amide bonds. The van der Waals surface area contributed by atoms with Gasteiger partial charge in [0.25, 0.3) is 0 Å². The van der Waals surface area contributed by atoms with Gasteiger partial charge in [0.2, 0.25) is 5.91 Å². The normalized spacial score (nSPS) is 21.5. The van der Waals surface area contributed by atoms with Gasteiger partial charge in [-0.15, -0.1) is 0 Å². The predicted molar refractivity (Wildman–Crippen MR) is 90.1 cm³/mol. The fourth-order valence-electron chi connectivity index (χ4n) is 3.12. The first-order chi connectivity index (χ1) is 11.1. The maximum absolute atomic E-state index is 12.1. The highest BCUT2D eigenvalue weighted by atomic mass is 16.3. The first-order valence-corrected chi connectivity index (χ1v) is 8.24. The average Bonchev–Trinajstić information content (AvgIpc) is 3.01. The van der Waals surface area contributed by atoms with Crippen molar-refractivity contribution in [1.29, 1.82) is 0 Å². The molecule has 0 bridgehead atoms. The fraction of sp³-hybridized carbons (Fsp3) is 0.421. The molecule has 1 atom stereocenters. The highest BCUT2D eigenvalue weighted by Crippen LogP contribution is 2.37. The van der Waals surface area contributed by atoms with Gasteiger partial charge in [0.1, 0.15) is 5.76 Å². The van der Waals surface area contributed by atoms with Crippen molar-refractivity contribution in [3.63, 3.8) is 0 Å². The van der Waals surface area contributed by atoms with E-state index in [0.717, 1.165) is 18.6 Å². The lowest BCUT2D eigenvalue weighted by molar-refractivity contribution is -0.123. The standard InChI is InChI=1S/C19H24N2O2/c1-13-5-3-6-15(9-13)16-10-17(11-16)21-14(2)19(22)20-12-18-7-4-8-23-18/h3-9,14,16-17,21H,10-12H2,1-2H3,(H,20,22)/t14-,16?,17?/m0/s1. The van der Waals surface area contributed by atoms with Crippen LogP contribution in [0, 0.1) is 6.92 Å². The Morgan fingerprint density at radius 2 is 2.13 bits per heavy atom. The summed E-state index contributed by atoms with van der Waals surface area (Å²) in [5, 5.41) is 6.31. The number of hydrogen-bond donors (Lipinski definition) is 2. The molecule has 2 aromatic rings. The number of nitrogens with one attached hydrogen (secondary N) is 2. The second-order valence-electron chi connectivity index (χ2n) is 6.46. The Kier molecular flexibility index (Phi) is 4.82. The first-order valence-electron chi connectivity index (χ1n) is 8.24. The Balaban J connectivity index is 1.41. The summed E-state index contributed by atoms with van der Waals surface area (Å²) >= 11 is 0. The second kappa shape index (κ2) is 7.01. The van der Waals surface area contributed by atoms with Gasteiger partial charge in [-0.3, -0.25) is 4.79 Å². The zero-order chi connectivity index (χ0) is 16.2. The maximum Gasteiger partial charge on any atom is 0.237 e. The summed E-state index contributed by atoms with van der Waals surface area (Å²) in [6.07, 6.45) is 3.81. The number of aryl methyl sites for hydroxylation is 1. The molecule has 1 aromatic carbocycles. The van der Waals surface area contributed by atoms with E-state index < -0.39 is 0 Å². The van der Waals surface area contributed by atoms with Gasteiger partial charge in [-0.2, -0.15) is 0 Å². The summed E-state index contributed by atoms with van der Waals surface area (Å²) < 4.78 is 5.21. The van der Waals surface area contributed by atoms with E-state index in [1.54, 1.807) is 6.26 Å². The molecular weight excluding hydrogens is 288 g/mol. The van der Waals surface area contributed by atoms with Crippen LogP contribution in [-0.4, -0.2) is 18.0 Å². The molecule has 0 unspecified atom stereocenters. The SMILES string of the molecule is Cc1cccc(C2CC(N[C@@H](C)C(=O)NCc3ccco3)C2)c1. The number of carbonyl (C=O) groups excluding carboxylic acids is 1. The van der Waals surface area contributed by atoms with Crippen LogP contribution in [0.2, 0.25) is 0 Å². The van der Waals surface area contributed by atoms with Crippen molar-refractivity contribution >= 4 is 5.91 Å². The third kappa shape index (κ3) is 4.02. The molecule has 0 saturated heterocycles. The largest absolute Gasteiger partial charge is 0.467 e. The van der Waals surface area contributed by atoms with Crippen LogP contribution >= 0.6 is 0 Å². The summed E-state index contributed by atoms with van der Waals surface area (Å²) in [6, 6.07) is 12.6. The van der Waals surface area contributed by atoms with Gasteiger partial charge in [-0.25, -0.2) is 0 Å². The van der Waals surface area contributed by atoms with Crippen molar-refractivity contribution in [3.05, 3.63) is 59.5 Å². The molecule has 4 nitrogen and oxygen atoms in total. The summed E-state index contributed by atoms with van der Waals surface area (Å²) in [7, 11) is 0. The zero-order valence-corrected chi connectivity index (χ0v) is 13.7. The fourth-order valence-corrected chi connectivity index (χ4v) is 3.12. The van der Waals surface area contributed by atoms with Gasteiger partial charge in [-0.1, -0.05) is 29.8 Å². The lowest BCUT2D eigenvalue weighted by Gasteiger charge is -2.38. The van der Waals surface area contributed by atoms with Crippen molar-refractivity contribution in [2.75, 3.05) is 0 Å². The molecule has 2 N–H and O–H groups in total. The molecule has 1 saturated carbocycles. The molecule has 1 aliphatic carbocycles. The predicted octanol–water partition coefficient (Wildman–Crippen LogP) is 3.13. The van der Waals surface area contributed by atoms with E-state index in [1.807, 2.05) is 19.1 Å². The van der Waals surface area contributed by atoms with Crippen LogP contribution < -0.4 is 10.6 Å². The van der Waals surface area contributed by atoms with Crippen molar-refractivity contribution in [2.24, 2.45) is 0 Å². The highest BCUT2D eigenvalue weighted by Gasteiger charge is 2.32. The molecule has 3 rings (SSSR count). The summed E-state index contributed by atoms with van der Waals surface area (Å²) in [5.74, 6) is 1.40. The minimum atomic E-state index is -0.187. The van der Waals surface area contributed by atoms with Crippen molar-refractivity contribution in [1.82, 2.24) is 10.6 Å². The molecule has 1 heterocycles. The summed E-state index contributed by atoms with van der Waals surface area (Å²) in [6.45, 7) is 4.48. The number of amides is 1. The van der Waals surface area contributed by atoms with Crippen LogP contribution in [0.1, 0.15) is 42.6 Å². The third-order valence-corrected chi connectivity index (χ3v) is 4.55. The van der Waals surface area contributed by atoms with E-state index in [4.69, 9.17) is 4.42 Å². The number of carbonyl (C=O) groups is 1. The van der Waals surface area contributed by atoms with E-state index in [1.165, 1.54) is 11.1 Å². The number of benzene rings is 1. The van der Waals surface area contributed by atoms with E-state index in [0.29, 0.717) is 18.5 Å². The molecule has 0 spiro atoms. The van der Waals surface area contributed by atoms with Gasteiger partial charge >= 0.3 is 0 Å². The lowest BCUT2D eigenvalue weighted by atomic mass is 9.75. The van der Waals surface area contributed by atoms with Gasteiger partial charge < -0.3 is 15.1 Å². The topological polar surface area (TPSA) is 54.3 Å². The first kappa shape index (κ1) is 15.8. The Labute approximate surface area is 137 Å². The molecule has 0 radical (unpaired) electrons. The lowest BCUT2D eigenvalue weighted by Crippen LogP contribution is -2.50. The average molecular weight is 312 g/mol. The summed E-state index contributed by atoms with van der Waals surface area (Å²) in [4.78, 5) is 12.1. The van der Waals surface area contributed by atoms with E-state index in [9.17, 15) is 4.79 Å². The maximum atomic E-state index is 12.1. The molecule has 122 valence electrons. The van der Waals surface area contributed by atoms with Crippen molar-refractivity contribution in [3.8, 4) is 0 Å². The molecule has 23 heavy (non-hydrogen) atoms. The van der Waals surface area contributed by atoms with E-state index in [-0.39, 0.29) is 11.9 Å². The smallest absolute Gasteiger partial charge is 0.237 e. The Hall–Kier alpha value is -2.07. The highest BCUT2D eigenvalue weighted by molar-refractivity contribution is 5.81. The Morgan fingerprint density at radius 3 is 2.83 bits per heavy atom. The van der Waals surface area contributed by atoms with E-state index in [2.05, 4.69) is 41.8 Å². The van der Waals surface area contributed by atoms with Crippen LogP contribution in [0.15, 0.2) is 47.1 Å². The molecule has 1 aliphatic rings. The Bertz CT molecular complexity index is 645. The Morgan fingerprint density at radius 1 is 1.30 bits per heavy atom. The number of hydrogen-bond acceptors (Lipinski definition) is 3. The molecule has 0 aliphatic heterocycles. The molecule has 1 aromatic heterocycles.